The summed E-state index contributed by atoms with van der Waals surface area (Å²) in [7, 11) is 0. The summed E-state index contributed by atoms with van der Waals surface area (Å²) in [5.74, 6) is 0.554. The Morgan fingerprint density at radius 3 is 2.61 bits per heavy atom. The Morgan fingerprint density at radius 1 is 1.10 bits per heavy atom. The molecule has 3 rings (SSSR count). The third-order valence-electron chi connectivity index (χ3n) is 5.50. The number of rotatable bonds is 7. The number of aryl methyl sites for hydroxylation is 1. The molecule has 0 saturated heterocycles. The van der Waals surface area contributed by atoms with Crippen LogP contribution in [0, 0.1) is 18.8 Å². The van der Waals surface area contributed by atoms with Crippen molar-refractivity contribution in [1.29, 1.82) is 0 Å². The maximum atomic E-state index is 12.8. The largest absolute Gasteiger partial charge is 0.466 e. The molecule has 0 unspecified atom stereocenters. The van der Waals surface area contributed by atoms with Gasteiger partial charge in [0.15, 0.2) is 0 Å². The van der Waals surface area contributed by atoms with Gasteiger partial charge >= 0.3 is 5.97 Å². The Morgan fingerprint density at radius 2 is 1.87 bits per heavy atom. The quantitative estimate of drug-likeness (QED) is 0.505. The number of benzene rings is 2. The molecular formula is C24H27Cl2NO4. The van der Waals surface area contributed by atoms with Crippen molar-refractivity contribution in [2.24, 2.45) is 11.8 Å². The third kappa shape index (κ3) is 6.37. The first-order chi connectivity index (χ1) is 14.9. The minimum Gasteiger partial charge on any atom is -0.466 e. The normalized spacial score (nSPS) is 18.3. The molecule has 2 aromatic rings. The van der Waals surface area contributed by atoms with Gasteiger partial charge in [-0.25, -0.2) is 0 Å². The SMILES string of the molecule is CCOC(=O)[C@H]1CCC[C@@H](C(=O)NCc2ccc(Cl)cc2Oc2ccc(Cl)c(C)c2)C1. The first kappa shape index (κ1) is 23.4. The van der Waals surface area contributed by atoms with Crippen LogP contribution in [0.25, 0.3) is 0 Å². The van der Waals surface area contributed by atoms with Gasteiger partial charge in [0.1, 0.15) is 11.5 Å². The van der Waals surface area contributed by atoms with Gasteiger partial charge in [0.25, 0.3) is 0 Å². The van der Waals surface area contributed by atoms with E-state index in [0.717, 1.165) is 30.4 Å². The molecule has 0 aromatic heterocycles. The van der Waals surface area contributed by atoms with Gasteiger partial charge < -0.3 is 14.8 Å². The topological polar surface area (TPSA) is 64.6 Å². The number of hydrogen-bond donors (Lipinski definition) is 1. The number of carbonyl (C=O) groups excluding carboxylic acids is 2. The van der Waals surface area contributed by atoms with Crippen LogP contribution in [0.4, 0.5) is 0 Å². The molecule has 1 amide bonds. The lowest BCUT2D eigenvalue weighted by Gasteiger charge is -2.27. The van der Waals surface area contributed by atoms with Crippen LogP contribution >= 0.6 is 23.2 Å². The summed E-state index contributed by atoms with van der Waals surface area (Å²) < 4.78 is 11.2. The lowest BCUT2D eigenvalue weighted by molar-refractivity contribution is -0.150. The van der Waals surface area contributed by atoms with Crippen LogP contribution in [0.2, 0.25) is 10.0 Å². The fourth-order valence-electron chi connectivity index (χ4n) is 3.81. The van der Waals surface area contributed by atoms with Gasteiger partial charge in [-0.15, -0.1) is 0 Å². The highest BCUT2D eigenvalue weighted by Crippen LogP contribution is 2.32. The molecule has 0 radical (unpaired) electrons. The van der Waals surface area contributed by atoms with Crippen LogP contribution in [0.5, 0.6) is 11.5 Å². The molecule has 0 spiro atoms. The number of hydrogen-bond acceptors (Lipinski definition) is 4. The molecule has 2 aromatic carbocycles. The van der Waals surface area contributed by atoms with Gasteiger partial charge in [-0.05, 0) is 69.0 Å². The van der Waals surface area contributed by atoms with E-state index >= 15 is 0 Å². The Bertz CT molecular complexity index is 947. The highest BCUT2D eigenvalue weighted by Gasteiger charge is 2.31. The molecule has 0 aliphatic heterocycles. The minimum absolute atomic E-state index is 0.0581. The van der Waals surface area contributed by atoms with E-state index in [4.69, 9.17) is 32.7 Å². The summed E-state index contributed by atoms with van der Waals surface area (Å²) in [6, 6.07) is 10.7. The van der Waals surface area contributed by atoms with Crippen molar-refractivity contribution < 1.29 is 19.1 Å². The second-order valence-corrected chi connectivity index (χ2v) is 8.64. The summed E-state index contributed by atoms with van der Waals surface area (Å²) in [6.45, 7) is 4.36. The van der Waals surface area contributed by atoms with Crippen molar-refractivity contribution in [3.05, 3.63) is 57.6 Å². The summed E-state index contributed by atoms with van der Waals surface area (Å²) in [5, 5.41) is 4.20. The van der Waals surface area contributed by atoms with Gasteiger partial charge in [-0.3, -0.25) is 9.59 Å². The van der Waals surface area contributed by atoms with E-state index in [2.05, 4.69) is 5.32 Å². The smallest absolute Gasteiger partial charge is 0.308 e. The predicted octanol–water partition coefficient (Wildman–Crippen LogP) is 6.08. The predicted molar refractivity (Wildman–Crippen MR) is 122 cm³/mol. The monoisotopic (exact) mass is 463 g/mol. The Balaban J connectivity index is 1.65. The summed E-state index contributed by atoms with van der Waals surface area (Å²) >= 11 is 12.3. The molecule has 5 nitrogen and oxygen atoms in total. The van der Waals surface area contributed by atoms with E-state index in [1.165, 1.54) is 0 Å². The average Bonchev–Trinajstić information content (AvgIpc) is 2.76. The lowest BCUT2D eigenvalue weighted by atomic mass is 9.81. The first-order valence-corrected chi connectivity index (χ1v) is 11.3. The zero-order valence-electron chi connectivity index (χ0n) is 17.8. The van der Waals surface area contributed by atoms with E-state index in [-0.39, 0.29) is 23.7 Å². The Labute approximate surface area is 193 Å². The molecule has 0 bridgehead atoms. The van der Waals surface area contributed by atoms with Crippen LogP contribution < -0.4 is 10.1 Å². The Kier molecular flexibility index (Phi) is 8.22. The number of carbonyl (C=O) groups is 2. The molecule has 1 aliphatic rings. The summed E-state index contributed by atoms with van der Waals surface area (Å²) in [6.07, 6.45) is 2.92. The van der Waals surface area contributed by atoms with Crippen molar-refractivity contribution in [2.45, 2.75) is 46.1 Å². The molecule has 7 heteroatoms. The molecule has 1 aliphatic carbocycles. The standard InChI is InChI=1S/C24H27Cl2NO4/c1-3-30-24(29)17-6-4-5-16(12-17)23(28)27-14-18-7-8-19(25)13-22(18)31-20-9-10-21(26)15(2)11-20/h7-11,13,16-17H,3-6,12,14H2,1-2H3,(H,27,28)/t16-,17+/m1/s1. The van der Waals surface area contributed by atoms with Gasteiger partial charge in [0, 0.05) is 28.1 Å². The maximum absolute atomic E-state index is 12.8. The minimum atomic E-state index is -0.202. The molecule has 1 fully saturated rings. The zero-order valence-corrected chi connectivity index (χ0v) is 19.3. The molecule has 2 atom stereocenters. The van der Waals surface area contributed by atoms with Crippen LogP contribution in [0.3, 0.4) is 0 Å². The third-order valence-corrected chi connectivity index (χ3v) is 6.16. The van der Waals surface area contributed by atoms with Crippen molar-refractivity contribution in [1.82, 2.24) is 5.32 Å². The number of halogens is 2. The second kappa shape index (κ2) is 10.9. The van der Waals surface area contributed by atoms with Gasteiger partial charge in [-0.1, -0.05) is 35.7 Å². The van der Waals surface area contributed by atoms with Crippen LogP contribution in [0.1, 0.15) is 43.7 Å². The highest BCUT2D eigenvalue weighted by molar-refractivity contribution is 6.31. The van der Waals surface area contributed by atoms with E-state index in [9.17, 15) is 9.59 Å². The Hall–Kier alpha value is -2.24. The van der Waals surface area contributed by atoms with Crippen LogP contribution in [0.15, 0.2) is 36.4 Å². The molecule has 166 valence electrons. The lowest BCUT2D eigenvalue weighted by Crippen LogP contribution is -2.35. The van der Waals surface area contributed by atoms with Gasteiger partial charge in [0.05, 0.1) is 12.5 Å². The molecular weight excluding hydrogens is 437 g/mol. The van der Waals surface area contributed by atoms with E-state index in [1.807, 2.05) is 19.1 Å². The van der Waals surface area contributed by atoms with Gasteiger partial charge in [0.2, 0.25) is 5.91 Å². The fraction of sp³-hybridized carbons (Fsp3) is 0.417. The molecule has 0 heterocycles. The average molecular weight is 464 g/mol. The molecule has 31 heavy (non-hydrogen) atoms. The highest BCUT2D eigenvalue weighted by atomic mass is 35.5. The van der Waals surface area contributed by atoms with E-state index in [0.29, 0.717) is 41.1 Å². The fourth-order valence-corrected chi connectivity index (χ4v) is 4.09. The van der Waals surface area contributed by atoms with Crippen molar-refractivity contribution in [2.75, 3.05) is 6.61 Å². The number of nitrogens with one attached hydrogen (secondary N) is 1. The van der Waals surface area contributed by atoms with Gasteiger partial charge in [-0.2, -0.15) is 0 Å². The van der Waals surface area contributed by atoms with Crippen LogP contribution in [-0.4, -0.2) is 18.5 Å². The van der Waals surface area contributed by atoms with Crippen molar-refractivity contribution >= 4 is 35.1 Å². The second-order valence-electron chi connectivity index (χ2n) is 7.80. The number of ether oxygens (including phenoxy) is 2. The summed E-state index contributed by atoms with van der Waals surface area (Å²) in [5.41, 5.74) is 1.72. The molecule has 1 saturated carbocycles. The summed E-state index contributed by atoms with van der Waals surface area (Å²) in [4.78, 5) is 24.8. The molecule has 1 N–H and O–H groups in total. The van der Waals surface area contributed by atoms with E-state index < -0.39 is 0 Å². The zero-order chi connectivity index (χ0) is 22.4. The van der Waals surface area contributed by atoms with Crippen molar-refractivity contribution in [3.63, 3.8) is 0 Å². The number of esters is 1. The van der Waals surface area contributed by atoms with Crippen LogP contribution in [-0.2, 0) is 20.9 Å². The van der Waals surface area contributed by atoms with E-state index in [1.54, 1.807) is 31.2 Å². The maximum Gasteiger partial charge on any atom is 0.308 e. The number of amides is 1. The van der Waals surface area contributed by atoms with Crippen molar-refractivity contribution in [3.8, 4) is 11.5 Å². The first-order valence-electron chi connectivity index (χ1n) is 10.5.